The molecule has 0 aliphatic heterocycles. The van der Waals surface area contributed by atoms with E-state index in [1.807, 2.05) is 0 Å². The number of hydrogen-bond donors (Lipinski definition) is 1. The van der Waals surface area contributed by atoms with Crippen molar-refractivity contribution < 1.29 is 4.74 Å². The predicted molar refractivity (Wildman–Crippen MR) is 89.6 cm³/mol. The van der Waals surface area contributed by atoms with E-state index in [1.54, 1.807) is 25.2 Å². The molecule has 0 unspecified atom stereocenters. The van der Waals surface area contributed by atoms with E-state index >= 15 is 0 Å². The third-order valence-corrected chi connectivity index (χ3v) is 3.76. The number of aryl methyl sites for hydroxylation is 1. The summed E-state index contributed by atoms with van der Waals surface area (Å²) in [6.07, 6.45) is 2.21. The maximum atomic E-state index is 11.6. The zero-order chi connectivity index (χ0) is 16.1. The Morgan fingerprint density at radius 1 is 1.32 bits per heavy atom. The quantitative estimate of drug-likeness (QED) is 0.797. The maximum absolute atomic E-state index is 11.6. The number of anilines is 1. The summed E-state index contributed by atoms with van der Waals surface area (Å²) in [4.78, 5) is 11.6. The van der Waals surface area contributed by atoms with Gasteiger partial charge in [0.25, 0.3) is 5.56 Å². The molecular weight excluding hydrogens is 349 g/mol. The first kappa shape index (κ1) is 16.9. The number of ether oxygens (including phenoxy) is 1. The summed E-state index contributed by atoms with van der Waals surface area (Å²) in [6.45, 7) is 1.05. The Morgan fingerprint density at radius 3 is 2.82 bits per heavy atom. The zero-order valence-corrected chi connectivity index (χ0v) is 14.0. The summed E-state index contributed by atoms with van der Waals surface area (Å²) < 4.78 is 6.74. The minimum atomic E-state index is -0.337. The lowest BCUT2D eigenvalue weighted by Gasteiger charge is -2.10. The molecule has 1 heterocycles. The molecule has 0 atom stereocenters. The molecule has 0 spiro atoms. The van der Waals surface area contributed by atoms with Gasteiger partial charge in [-0.25, -0.2) is 4.68 Å². The largest absolute Gasteiger partial charge is 0.492 e. The fourth-order valence-corrected chi connectivity index (χ4v) is 2.40. The van der Waals surface area contributed by atoms with Crippen molar-refractivity contribution in [1.29, 1.82) is 0 Å². The van der Waals surface area contributed by atoms with Crippen molar-refractivity contribution in [3.05, 3.63) is 49.8 Å². The highest BCUT2D eigenvalue weighted by atomic mass is 35.5. The van der Waals surface area contributed by atoms with Crippen LogP contribution in [-0.4, -0.2) is 22.9 Å². The summed E-state index contributed by atoms with van der Waals surface area (Å²) in [5.74, 6) is 0.583. The molecule has 22 heavy (non-hydrogen) atoms. The minimum absolute atomic E-state index is 0.124. The highest BCUT2D eigenvalue weighted by molar-refractivity contribution is 6.35. The molecule has 1 N–H and O–H groups in total. The second-order valence-electron chi connectivity index (χ2n) is 4.50. The van der Waals surface area contributed by atoms with Crippen molar-refractivity contribution in [3.63, 3.8) is 0 Å². The van der Waals surface area contributed by atoms with E-state index in [1.165, 1.54) is 10.9 Å². The van der Waals surface area contributed by atoms with Gasteiger partial charge in [0.05, 0.1) is 23.5 Å². The molecule has 1 aromatic carbocycles. The Bertz CT molecular complexity index is 719. The molecule has 0 aliphatic carbocycles. The summed E-state index contributed by atoms with van der Waals surface area (Å²) in [6, 6.07) is 5.06. The fourth-order valence-electron chi connectivity index (χ4n) is 1.70. The van der Waals surface area contributed by atoms with Crippen LogP contribution in [0.3, 0.4) is 0 Å². The molecule has 0 bridgehead atoms. The molecule has 0 amide bonds. The van der Waals surface area contributed by atoms with Gasteiger partial charge in [0.1, 0.15) is 10.8 Å². The molecule has 118 valence electrons. The van der Waals surface area contributed by atoms with Crippen LogP contribution < -0.4 is 15.6 Å². The molecule has 8 heteroatoms. The second-order valence-corrected chi connectivity index (χ2v) is 5.73. The Morgan fingerprint density at radius 2 is 2.09 bits per heavy atom. The van der Waals surface area contributed by atoms with Gasteiger partial charge in [-0.2, -0.15) is 5.10 Å². The normalized spacial score (nSPS) is 10.5. The van der Waals surface area contributed by atoms with E-state index in [0.29, 0.717) is 41.1 Å². The van der Waals surface area contributed by atoms with E-state index in [-0.39, 0.29) is 10.6 Å². The first-order valence-corrected chi connectivity index (χ1v) is 7.66. The molecule has 1 aromatic heterocycles. The Balaban J connectivity index is 1.80. The number of nitrogens with zero attached hydrogens (tertiary/aromatic N) is 2. The number of rotatable bonds is 6. The Kier molecular flexibility index (Phi) is 5.94. The van der Waals surface area contributed by atoms with E-state index in [9.17, 15) is 4.79 Å². The van der Waals surface area contributed by atoms with Crippen LogP contribution in [0.5, 0.6) is 5.75 Å². The summed E-state index contributed by atoms with van der Waals surface area (Å²) >= 11 is 17.8. The Hall–Kier alpha value is -1.43. The van der Waals surface area contributed by atoms with Crippen LogP contribution in [0.25, 0.3) is 0 Å². The van der Waals surface area contributed by atoms with Crippen LogP contribution in [0.4, 0.5) is 5.69 Å². The second kappa shape index (κ2) is 7.72. The number of benzene rings is 1. The summed E-state index contributed by atoms with van der Waals surface area (Å²) in [7, 11) is 1.54. The highest BCUT2D eigenvalue weighted by Gasteiger charge is 2.06. The third-order valence-electron chi connectivity index (χ3n) is 2.87. The SMILES string of the molecule is Cn1ncc(NCCCOc2ccc(Cl)cc2Cl)c(Cl)c1=O. The standard InChI is InChI=1S/C14H14Cl3N3O2/c1-20-14(21)13(17)11(8-19-20)18-5-2-6-22-12-4-3-9(15)7-10(12)16/h3-4,7-8,18H,2,5-6H2,1H3. The molecule has 0 aliphatic rings. The van der Waals surface area contributed by atoms with Crippen molar-refractivity contribution >= 4 is 40.5 Å². The van der Waals surface area contributed by atoms with Crippen molar-refractivity contribution in [1.82, 2.24) is 9.78 Å². The monoisotopic (exact) mass is 361 g/mol. The van der Waals surface area contributed by atoms with Crippen LogP contribution in [0, 0.1) is 0 Å². The van der Waals surface area contributed by atoms with Crippen LogP contribution in [0.15, 0.2) is 29.2 Å². The van der Waals surface area contributed by atoms with Gasteiger partial charge >= 0.3 is 0 Å². The Labute approximate surface area is 142 Å². The van der Waals surface area contributed by atoms with E-state index in [0.717, 1.165) is 0 Å². The third kappa shape index (κ3) is 4.29. The van der Waals surface area contributed by atoms with Gasteiger partial charge in [-0.1, -0.05) is 34.8 Å². The zero-order valence-electron chi connectivity index (χ0n) is 11.8. The van der Waals surface area contributed by atoms with Crippen molar-refractivity contribution in [2.24, 2.45) is 7.05 Å². The molecule has 0 radical (unpaired) electrons. The molecule has 2 aromatic rings. The summed E-state index contributed by atoms with van der Waals surface area (Å²) in [5, 5.41) is 8.11. The average molecular weight is 363 g/mol. The lowest BCUT2D eigenvalue weighted by molar-refractivity contribution is 0.315. The molecule has 5 nitrogen and oxygen atoms in total. The highest BCUT2D eigenvalue weighted by Crippen LogP contribution is 2.27. The minimum Gasteiger partial charge on any atom is -0.492 e. The van der Waals surface area contributed by atoms with Gasteiger partial charge in [0.2, 0.25) is 0 Å². The van der Waals surface area contributed by atoms with Crippen molar-refractivity contribution in [2.45, 2.75) is 6.42 Å². The van der Waals surface area contributed by atoms with E-state index < -0.39 is 0 Å². The molecular formula is C14H14Cl3N3O2. The summed E-state index contributed by atoms with van der Waals surface area (Å²) in [5.41, 5.74) is 0.171. The van der Waals surface area contributed by atoms with Gasteiger partial charge < -0.3 is 10.1 Å². The van der Waals surface area contributed by atoms with Crippen molar-refractivity contribution in [2.75, 3.05) is 18.5 Å². The fraction of sp³-hybridized carbons (Fsp3) is 0.286. The molecule has 2 rings (SSSR count). The van der Waals surface area contributed by atoms with Gasteiger partial charge in [0, 0.05) is 18.6 Å². The molecule has 0 fully saturated rings. The van der Waals surface area contributed by atoms with Gasteiger partial charge in [-0.3, -0.25) is 4.79 Å². The molecule has 0 saturated carbocycles. The lowest BCUT2D eigenvalue weighted by atomic mass is 10.3. The number of halogens is 3. The van der Waals surface area contributed by atoms with E-state index in [2.05, 4.69) is 10.4 Å². The number of aromatic nitrogens is 2. The van der Waals surface area contributed by atoms with Gasteiger partial charge in [-0.05, 0) is 24.6 Å². The average Bonchev–Trinajstić information content (AvgIpc) is 2.48. The van der Waals surface area contributed by atoms with E-state index in [4.69, 9.17) is 39.5 Å². The topological polar surface area (TPSA) is 56.1 Å². The van der Waals surface area contributed by atoms with Gasteiger partial charge in [0.15, 0.2) is 0 Å². The number of hydrogen-bond acceptors (Lipinski definition) is 4. The van der Waals surface area contributed by atoms with Gasteiger partial charge in [-0.15, -0.1) is 0 Å². The van der Waals surface area contributed by atoms with Crippen LogP contribution in [0.1, 0.15) is 6.42 Å². The first-order chi connectivity index (χ1) is 10.5. The molecule has 0 saturated heterocycles. The predicted octanol–water partition coefficient (Wildman–Crippen LogP) is 3.62. The van der Waals surface area contributed by atoms with Crippen LogP contribution in [0.2, 0.25) is 15.1 Å². The number of nitrogens with one attached hydrogen (secondary N) is 1. The van der Waals surface area contributed by atoms with Crippen LogP contribution in [-0.2, 0) is 7.05 Å². The van der Waals surface area contributed by atoms with Crippen LogP contribution >= 0.6 is 34.8 Å². The maximum Gasteiger partial charge on any atom is 0.287 e. The smallest absolute Gasteiger partial charge is 0.287 e. The lowest BCUT2D eigenvalue weighted by Crippen LogP contribution is -2.21. The first-order valence-electron chi connectivity index (χ1n) is 6.52. The van der Waals surface area contributed by atoms with Crippen molar-refractivity contribution in [3.8, 4) is 5.75 Å².